The molecule has 1 amide bonds. The Morgan fingerprint density at radius 2 is 2.47 bits per heavy atom. The zero-order valence-corrected chi connectivity index (χ0v) is 9.79. The number of H-pyrrole nitrogens is 1. The molecule has 1 aliphatic rings. The van der Waals surface area contributed by atoms with Crippen molar-refractivity contribution >= 4 is 5.91 Å². The molecule has 0 aliphatic carbocycles. The van der Waals surface area contributed by atoms with Gasteiger partial charge in [0.2, 0.25) is 5.56 Å². The second kappa shape index (κ2) is 4.71. The summed E-state index contributed by atoms with van der Waals surface area (Å²) in [6, 6.07) is 2.86. The van der Waals surface area contributed by atoms with E-state index >= 15 is 0 Å². The van der Waals surface area contributed by atoms with Gasteiger partial charge < -0.3 is 15.0 Å². The Bertz CT molecular complexity index is 461. The van der Waals surface area contributed by atoms with Crippen LogP contribution in [0, 0.1) is 0 Å². The number of hydrogen-bond acceptors (Lipinski definition) is 3. The lowest BCUT2D eigenvalue weighted by Gasteiger charge is -2.23. The molecular formula is C12H16N2O3. The number of carbonyl (C=O) groups excluding carboxylic acids is 1. The van der Waals surface area contributed by atoms with Crippen molar-refractivity contribution < 1.29 is 9.53 Å². The Morgan fingerprint density at radius 3 is 3.12 bits per heavy atom. The second-order valence-corrected chi connectivity index (χ2v) is 4.53. The monoisotopic (exact) mass is 236 g/mol. The van der Waals surface area contributed by atoms with Gasteiger partial charge in [0.15, 0.2) is 0 Å². The van der Waals surface area contributed by atoms with E-state index in [0.717, 1.165) is 19.4 Å². The van der Waals surface area contributed by atoms with Gasteiger partial charge in [-0.05, 0) is 25.8 Å². The number of nitrogens with one attached hydrogen (secondary N) is 2. The third kappa shape index (κ3) is 2.94. The van der Waals surface area contributed by atoms with Crippen LogP contribution in [0.4, 0.5) is 0 Å². The van der Waals surface area contributed by atoms with Gasteiger partial charge >= 0.3 is 0 Å². The largest absolute Gasteiger partial charge is 0.373 e. The van der Waals surface area contributed by atoms with E-state index in [1.54, 1.807) is 6.07 Å². The molecule has 2 rings (SSSR count). The zero-order valence-electron chi connectivity index (χ0n) is 9.79. The predicted octanol–water partition coefficient (Wildman–Crippen LogP) is 0.674. The van der Waals surface area contributed by atoms with Gasteiger partial charge in [0.25, 0.3) is 5.91 Å². The van der Waals surface area contributed by atoms with Crippen molar-refractivity contribution in [1.29, 1.82) is 0 Å². The fraction of sp³-hybridized carbons (Fsp3) is 0.500. The lowest BCUT2D eigenvalue weighted by Crippen LogP contribution is -2.40. The van der Waals surface area contributed by atoms with Crippen molar-refractivity contribution in [3.63, 3.8) is 0 Å². The molecule has 1 unspecified atom stereocenters. The van der Waals surface area contributed by atoms with Crippen LogP contribution in [0.25, 0.3) is 0 Å². The molecule has 1 aliphatic heterocycles. The van der Waals surface area contributed by atoms with E-state index in [4.69, 9.17) is 4.74 Å². The number of carbonyl (C=O) groups is 1. The average Bonchev–Trinajstić information content (AvgIpc) is 2.74. The van der Waals surface area contributed by atoms with Crippen LogP contribution in [0.1, 0.15) is 30.1 Å². The second-order valence-electron chi connectivity index (χ2n) is 4.53. The van der Waals surface area contributed by atoms with Crippen LogP contribution >= 0.6 is 0 Å². The van der Waals surface area contributed by atoms with Crippen molar-refractivity contribution in [2.24, 2.45) is 0 Å². The number of ether oxygens (including phenoxy) is 1. The number of aromatic nitrogens is 1. The first-order valence-electron chi connectivity index (χ1n) is 5.70. The van der Waals surface area contributed by atoms with Gasteiger partial charge in [0, 0.05) is 31.0 Å². The average molecular weight is 236 g/mol. The summed E-state index contributed by atoms with van der Waals surface area (Å²) in [5.41, 5.74) is -0.173. The first kappa shape index (κ1) is 11.9. The molecule has 2 N–H and O–H groups in total. The first-order valence-corrected chi connectivity index (χ1v) is 5.70. The highest BCUT2D eigenvalue weighted by atomic mass is 16.5. The van der Waals surface area contributed by atoms with E-state index in [9.17, 15) is 9.59 Å². The highest BCUT2D eigenvalue weighted by Gasteiger charge is 2.30. The van der Waals surface area contributed by atoms with E-state index in [1.807, 2.05) is 6.92 Å². The summed E-state index contributed by atoms with van der Waals surface area (Å²) in [7, 11) is 0. The maximum Gasteiger partial charge on any atom is 0.251 e. The normalized spacial score (nSPS) is 23.6. The van der Waals surface area contributed by atoms with Crippen LogP contribution in [0.15, 0.2) is 23.1 Å². The molecule has 1 atom stereocenters. The smallest absolute Gasteiger partial charge is 0.251 e. The molecular weight excluding hydrogens is 220 g/mol. The van der Waals surface area contributed by atoms with Crippen LogP contribution in [0.2, 0.25) is 0 Å². The molecule has 17 heavy (non-hydrogen) atoms. The van der Waals surface area contributed by atoms with E-state index in [2.05, 4.69) is 10.3 Å². The van der Waals surface area contributed by atoms with E-state index in [0.29, 0.717) is 12.1 Å². The van der Waals surface area contributed by atoms with Gasteiger partial charge in [-0.25, -0.2) is 0 Å². The molecule has 0 bridgehead atoms. The summed E-state index contributed by atoms with van der Waals surface area (Å²) >= 11 is 0. The minimum absolute atomic E-state index is 0.243. The molecule has 0 radical (unpaired) electrons. The van der Waals surface area contributed by atoms with Gasteiger partial charge in [-0.3, -0.25) is 9.59 Å². The minimum Gasteiger partial charge on any atom is -0.373 e. The summed E-state index contributed by atoms with van der Waals surface area (Å²) in [6.07, 6.45) is 3.44. The molecule has 5 nitrogen and oxygen atoms in total. The van der Waals surface area contributed by atoms with Gasteiger partial charge in [-0.15, -0.1) is 0 Å². The molecule has 5 heteroatoms. The van der Waals surface area contributed by atoms with E-state index < -0.39 is 0 Å². The Kier molecular flexibility index (Phi) is 3.28. The quantitative estimate of drug-likeness (QED) is 0.810. The number of pyridine rings is 1. The van der Waals surface area contributed by atoms with Gasteiger partial charge in [0.05, 0.1) is 5.60 Å². The molecule has 0 spiro atoms. The lowest BCUT2D eigenvalue weighted by atomic mass is 10.0. The van der Waals surface area contributed by atoms with Crippen molar-refractivity contribution in [3.05, 3.63) is 34.2 Å². The summed E-state index contributed by atoms with van der Waals surface area (Å²) in [6.45, 7) is 3.20. The van der Waals surface area contributed by atoms with Crippen LogP contribution < -0.4 is 10.9 Å². The van der Waals surface area contributed by atoms with E-state index in [-0.39, 0.29) is 17.1 Å². The number of rotatable bonds is 3. The molecule has 0 saturated carbocycles. The molecule has 1 saturated heterocycles. The van der Waals surface area contributed by atoms with E-state index in [1.165, 1.54) is 12.3 Å². The van der Waals surface area contributed by atoms with Crippen molar-refractivity contribution in [2.75, 3.05) is 13.2 Å². The molecule has 0 aromatic carbocycles. The Balaban J connectivity index is 1.95. The molecule has 1 fully saturated rings. The maximum atomic E-state index is 11.8. The van der Waals surface area contributed by atoms with Gasteiger partial charge in [0.1, 0.15) is 0 Å². The Morgan fingerprint density at radius 1 is 1.65 bits per heavy atom. The fourth-order valence-corrected chi connectivity index (χ4v) is 1.93. The number of aromatic amines is 1. The van der Waals surface area contributed by atoms with Crippen LogP contribution in [0.3, 0.4) is 0 Å². The SMILES string of the molecule is CC1(CNC(=O)c2cc[nH]c(=O)c2)CCCO1. The Hall–Kier alpha value is -1.62. The third-order valence-electron chi connectivity index (χ3n) is 2.96. The lowest BCUT2D eigenvalue weighted by molar-refractivity contribution is 0.0206. The minimum atomic E-state index is -0.277. The molecule has 92 valence electrons. The fourth-order valence-electron chi connectivity index (χ4n) is 1.93. The van der Waals surface area contributed by atoms with Gasteiger partial charge in [-0.2, -0.15) is 0 Å². The van der Waals surface area contributed by atoms with Crippen molar-refractivity contribution in [2.45, 2.75) is 25.4 Å². The zero-order chi connectivity index (χ0) is 12.3. The number of amides is 1. The van der Waals surface area contributed by atoms with Crippen molar-refractivity contribution in [1.82, 2.24) is 10.3 Å². The summed E-state index contributed by atoms with van der Waals surface area (Å²) in [4.78, 5) is 25.3. The summed E-state index contributed by atoms with van der Waals surface area (Å²) in [5, 5.41) is 2.79. The van der Waals surface area contributed by atoms with Crippen LogP contribution in [-0.4, -0.2) is 29.6 Å². The Labute approximate surface area is 99.2 Å². The molecule has 1 aromatic rings. The predicted molar refractivity (Wildman–Crippen MR) is 63.0 cm³/mol. The topological polar surface area (TPSA) is 71.2 Å². The van der Waals surface area contributed by atoms with Crippen molar-refractivity contribution in [3.8, 4) is 0 Å². The molecule has 1 aromatic heterocycles. The standard InChI is InChI=1S/C12H16N2O3/c1-12(4-2-6-17-12)8-14-11(16)9-3-5-13-10(15)7-9/h3,5,7H,2,4,6,8H2,1H3,(H,13,15)(H,14,16). The summed E-state index contributed by atoms with van der Waals surface area (Å²) in [5.74, 6) is -0.243. The highest BCUT2D eigenvalue weighted by Crippen LogP contribution is 2.23. The van der Waals surface area contributed by atoms with Crippen LogP contribution in [-0.2, 0) is 4.74 Å². The molecule has 2 heterocycles. The summed E-state index contributed by atoms with van der Waals surface area (Å²) < 4.78 is 5.57. The third-order valence-corrected chi connectivity index (χ3v) is 2.96. The van der Waals surface area contributed by atoms with Gasteiger partial charge in [-0.1, -0.05) is 0 Å². The maximum absolute atomic E-state index is 11.8. The first-order chi connectivity index (χ1) is 8.09. The van der Waals surface area contributed by atoms with Crippen LogP contribution in [0.5, 0.6) is 0 Å². The highest BCUT2D eigenvalue weighted by molar-refractivity contribution is 5.93. The number of hydrogen-bond donors (Lipinski definition) is 2.